The maximum atomic E-state index is 12.4. The molecule has 2 unspecified atom stereocenters. The number of fused-ring (bicyclic) bond motifs is 1. The van der Waals surface area contributed by atoms with E-state index in [0.29, 0.717) is 12.3 Å². The van der Waals surface area contributed by atoms with Crippen molar-refractivity contribution in [2.75, 3.05) is 0 Å². The van der Waals surface area contributed by atoms with E-state index in [0.717, 1.165) is 49.9 Å². The first-order chi connectivity index (χ1) is 9.63. The Morgan fingerprint density at radius 2 is 2.15 bits per heavy atom. The van der Waals surface area contributed by atoms with Crippen LogP contribution in [0.5, 0.6) is 0 Å². The van der Waals surface area contributed by atoms with Crippen molar-refractivity contribution in [1.29, 1.82) is 0 Å². The maximum Gasteiger partial charge on any atom is 0.381 e. The van der Waals surface area contributed by atoms with Gasteiger partial charge in [-0.3, -0.25) is 0 Å². The Kier molecular flexibility index (Phi) is 3.52. The minimum Gasteiger partial charge on any atom is -0.376 e. The number of oxime groups is 2. The Hall–Kier alpha value is -1.39. The lowest BCUT2D eigenvalue weighted by atomic mass is 9.83. The Morgan fingerprint density at radius 1 is 1.40 bits per heavy atom. The van der Waals surface area contributed by atoms with Gasteiger partial charge in [0.2, 0.25) is 5.60 Å². The van der Waals surface area contributed by atoms with Crippen LogP contribution < -0.4 is 0 Å². The third-order valence-electron chi connectivity index (χ3n) is 4.65. The van der Waals surface area contributed by atoms with Gasteiger partial charge in [0.1, 0.15) is 0 Å². The van der Waals surface area contributed by atoms with E-state index < -0.39 is 5.60 Å². The van der Waals surface area contributed by atoms with Crippen molar-refractivity contribution >= 4 is 17.4 Å². The van der Waals surface area contributed by atoms with E-state index in [1.54, 1.807) is 0 Å². The standard InChI is InChI=1S/C15H22N2O3/c1-10(2)13-12-8-5-9-15(12,20-17-13)14(18)19-16-11-6-3-4-7-11/h10,12H,3-9H2,1-2H3. The average molecular weight is 278 g/mol. The minimum atomic E-state index is -0.901. The van der Waals surface area contributed by atoms with Crippen LogP contribution in [0.2, 0.25) is 0 Å². The quantitative estimate of drug-likeness (QED) is 0.589. The van der Waals surface area contributed by atoms with Crippen LogP contribution in [0.25, 0.3) is 0 Å². The Bertz CT molecular complexity index is 462. The smallest absolute Gasteiger partial charge is 0.376 e. The van der Waals surface area contributed by atoms with Crippen LogP contribution in [-0.2, 0) is 14.5 Å². The number of carbonyl (C=O) groups is 1. The van der Waals surface area contributed by atoms with Gasteiger partial charge in [0.15, 0.2) is 0 Å². The SMILES string of the molecule is CC(C)C1=NOC2(C(=O)ON=C3CCCC3)CCCC12. The van der Waals surface area contributed by atoms with Gasteiger partial charge < -0.3 is 9.68 Å². The summed E-state index contributed by atoms with van der Waals surface area (Å²) < 4.78 is 0. The Morgan fingerprint density at radius 3 is 2.85 bits per heavy atom. The van der Waals surface area contributed by atoms with Crippen LogP contribution in [0.4, 0.5) is 0 Å². The van der Waals surface area contributed by atoms with Crippen molar-refractivity contribution in [3.63, 3.8) is 0 Å². The van der Waals surface area contributed by atoms with E-state index in [2.05, 4.69) is 24.2 Å². The molecule has 110 valence electrons. The number of hydrogen-bond donors (Lipinski definition) is 0. The number of hydrogen-bond acceptors (Lipinski definition) is 5. The molecule has 0 radical (unpaired) electrons. The monoisotopic (exact) mass is 278 g/mol. The van der Waals surface area contributed by atoms with Crippen molar-refractivity contribution in [1.82, 2.24) is 0 Å². The topological polar surface area (TPSA) is 60.2 Å². The van der Waals surface area contributed by atoms with Gasteiger partial charge >= 0.3 is 5.97 Å². The highest BCUT2D eigenvalue weighted by Gasteiger charge is 2.59. The summed E-state index contributed by atoms with van der Waals surface area (Å²) >= 11 is 0. The van der Waals surface area contributed by atoms with E-state index >= 15 is 0 Å². The van der Waals surface area contributed by atoms with E-state index in [4.69, 9.17) is 9.68 Å². The second-order valence-corrected chi connectivity index (χ2v) is 6.34. The van der Waals surface area contributed by atoms with Crippen molar-refractivity contribution in [2.24, 2.45) is 22.1 Å². The summed E-state index contributed by atoms with van der Waals surface area (Å²) in [6.07, 6.45) is 6.77. The molecule has 0 spiro atoms. The van der Waals surface area contributed by atoms with Crippen molar-refractivity contribution < 1.29 is 14.5 Å². The van der Waals surface area contributed by atoms with E-state index in [9.17, 15) is 4.79 Å². The molecule has 5 heteroatoms. The molecule has 2 aliphatic carbocycles. The predicted octanol–water partition coefficient (Wildman–Crippen LogP) is 3.04. The van der Waals surface area contributed by atoms with E-state index in [-0.39, 0.29) is 11.9 Å². The second kappa shape index (κ2) is 5.19. The fourth-order valence-electron chi connectivity index (χ4n) is 3.52. The molecular formula is C15H22N2O3. The second-order valence-electron chi connectivity index (χ2n) is 6.34. The molecule has 0 saturated heterocycles. The largest absolute Gasteiger partial charge is 0.381 e. The van der Waals surface area contributed by atoms with Gasteiger partial charge in [0.25, 0.3) is 0 Å². The summed E-state index contributed by atoms with van der Waals surface area (Å²) in [6, 6.07) is 0. The van der Waals surface area contributed by atoms with E-state index in [1.807, 2.05) is 0 Å². The highest BCUT2D eigenvalue weighted by atomic mass is 16.7. The third-order valence-corrected chi connectivity index (χ3v) is 4.65. The molecule has 2 fully saturated rings. The fourth-order valence-corrected chi connectivity index (χ4v) is 3.52. The highest BCUT2D eigenvalue weighted by Crippen LogP contribution is 2.46. The predicted molar refractivity (Wildman–Crippen MR) is 75.4 cm³/mol. The van der Waals surface area contributed by atoms with Crippen LogP contribution in [0, 0.1) is 11.8 Å². The summed E-state index contributed by atoms with van der Waals surface area (Å²) in [6.45, 7) is 4.17. The first kappa shape index (κ1) is 13.6. The van der Waals surface area contributed by atoms with Gasteiger partial charge in [-0.1, -0.05) is 24.2 Å². The number of carbonyl (C=O) groups excluding carboxylic acids is 1. The van der Waals surface area contributed by atoms with E-state index in [1.165, 1.54) is 0 Å². The van der Waals surface area contributed by atoms with Gasteiger partial charge in [-0.2, -0.15) is 0 Å². The zero-order valence-electron chi connectivity index (χ0n) is 12.2. The van der Waals surface area contributed by atoms with Gasteiger partial charge in [-0.05, 0) is 44.4 Å². The number of nitrogens with zero attached hydrogens (tertiary/aromatic N) is 2. The number of rotatable bonds is 3. The van der Waals surface area contributed by atoms with Crippen molar-refractivity contribution in [3.05, 3.63) is 0 Å². The molecule has 1 heterocycles. The molecule has 20 heavy (non-hydrogen) atoms. The normalized spacial score (nSPS) is 32.0. The molecule has 2 atom stereocenters. The highest BCUT2D eigenvalue weighted by molar-refractivity contribution is 5.97. The zero-order valence-corrected chi connectivity index (χ0v) is 12.2. The summed E-state index contributed by atoms with van der Waals surface area (Å²) in [4.78, 5) is 23.2. The molecular weight excluding hydrogens is 256 g/mol. The molecule has 0 aromatic heterocycles. The molecule has 3 aliphatic rings. The van der Waals surface area contributed by atoms with Gasteiger partial charge in [0.05, 0.1) is 17.3 Å². The first-order valence-electron chi connectivity index (χ1n) is 7.66. The summed E-state index contributed by atoms with van der Waals surface area (Å²) in [5.41, 5.74) is 1.09. The van der Waals surface area contributed by atoms with Crippen LogP contribution in [-0.4, -0.2) is 23.0 Å². The van der Waals surface area contributed by atoms with Crippen LogP contribution in [0.15, 0.2) is 10.3 Å². The Balaban J connectivity index is 1.72. The lowest BCUT2D eigenvalue weighted by Gasteiger charge is -2.23. The lowest BCUT2D eigenvalue weighted by Crippen LogP contribution is -2.44. The molecule has 0 N–H and O–H groups in total. The molecule has 0 aromatic carbocycles. The third kappa shape index (κ3) is 2.13. The summed E-state index contributed by atoms with van der Waals surface area (Å²) in [5.74, 6) is 0.00602. The van der Waals surface area contributed by atoms with Crippen LogP contribution in [0.3, 0.4) is 0 Å². The summed E-state index contributed by atoms with van der Waals surface area (Å²) in [7, 11) is 0. The van der Waals surface area contributed by atoms with Crippen molar-refractivity contribution in [3.8, 4) is 0 Å². The molecule has 5 nitrogen and oxygen atoms in total. The fraction of sp³-hybridized carbons (Fsp3) is 0.800. The molecule has 3 rings (SSSR count). The zero-order chi connectivity index (χ0) is 14.2. The van der Waals surface area contributed by atoms with Crippen LogP contribution in [0.1, 0.15) is 58.8 Å². The van der Waals surface area contributed by atoms with Gasteiger partial charge in [0, 0.05) is 6.42 Å². The van der Waals surface area contributed by atoms with Gasteiger partial charge in [-0.25, -0.2) is 4.79 Å². The molecule has 0 amide bonds. The maximum absolute atomic E-state index is 12.4. The molecule has 0 aromatic rings. The molecule has 1 aliphatic heterocycles. The molecule has 2 saturated carbocycles. The van der Waals surface area contributed by atoms with Crippen LogP contribution >= 0.6 is 0 Å². The molecule has 0 bridgehead atoms. The van der Waals surface area contributed by atoms with Crippen molar-refractivity contribution in [2.45, 2.75) is 64.4 Å². The average Bonchev–Trinajstić information content (AvgIpc) is 3.11. The first-order valence-corrected chi connectivity index (χ1v) is 7.66. The van der Waals surface area contributed by atoms with Gasteiger partial charge in [-0.15, -0.1) is 0 Å². The summed E-state index contributed by atoms with van der Waals surface area (Å²) in [5, 5.41) is 8.19. The minimum absolute atomic E-state index is 0.0683. The lowest BCUT2D eigenvalue weighted by molar-refractivity contribution is -0.172. The Labute approximate surface area is 119 Å².